The second-order valence-corrected chi connectivity index (χ2v) is 8.08. The molecule has 2 aromatic carbocycles. The number of nitrogens with one attached hydrogen (secondary N) is 1. The molecule has 0 bridgehead atoms. The van der Waals surface area contributed by atoms with Crippen LogP contribution in [-0.4, -0.2) is 8.42 Å². The summed E-state index contributed by atoms with van der Waals surface area (Å²) in [6.45, 7) is 6.30. The molecule has 1 N–H and O–H groups in total. The Morgan fingerprint density at radius 1 is 1.00 bits per heavy atom. The number of benzene rings is 2. The normalized spacial score (nSPS) is 13.3. The molecule has 0 spiro atoms. The van der Waals surface area contributed by atoms with Crippen molar-refractivity contribution in [2.45, 2.75) is 37.1 Å². The minimum Gasteiger partial charge on any atom is -0.207 e. The minimum absolute atomic E-state index is 0.00418. The first-order valence-electron chi connectivity index (χ1n) is 7.31. The highest BCUT2D eigenvalue weighted by atomic mass is 32.2. The smallest absolute Gasteiger partial charge is 0.207 e. The summed E-state index contributed by atoms with van der Waals surface area (Å²) in [4.78, 5) is 0.145. The zero-order valence-electron chi connectivity index (χ0n) is 13.4. The summed E-state index contributed by atoms with van der Waals surface area (Å²) in [7, 11) is -3.73. The first kappa shape index (κ1) is 17.2. The summed E-state index contributed by atoms with van der Waals surface area (Å²) < 4.78 is 27.1. The molecule has 120 valence electrons. The molecule has 0 aliphatic carbocycles. The van der Waals surface area contributed by atoms with Crippen molar-refractivity contribution < 1.29 is 8.42 Å². The van der Waals surface area contributed by atoms with Crippen LogP contribution < -0.4 is 4.72 Å². The van der Waals surface area contributed by atoms with Crippen LogP contribution in [0.4, 0.5) is 0 Å². The molecule has 0 heterocycles. The van der Waals surface area contributed by atoms with E-state index >= 15 is 0 Å². The predicted molar refractivity (Wildman–Crippen MR) is 90.3 cm³/mol. The Balaban J connectivity index is 2.26. The van der Waals surface area contributed by atoms with Gasteiger partial charge in [-0.25, -0.2) is 8.42 Å². The number of hydrogen-bond acceptors (Lipinski definition) is 3. The van der Waals surface area contributed by atoms with Gasteiger partial charge in [-0.05, 0) is 28.7 Å². The van der Waals surface area contributed by atoms with Gasteiger partial charge in [-0.1, -0.05) is 63.2 Å². The maximum absolute atomic E-state index is 12.3. The van der Waals surface area contributed by atoms with Crippen LogP contribution in [0.3, 0.4) is 0 Å². The maximum Gasteiger partial charge on any atom is 0.241 e. The van der Waals surface area contributed by atoms with Crippen LogP contribution in [0.25, 0.3) is 0 Å². The van der Waals surface area contributed by atoms with Crippen molar-refractivity contribution in [1.29, 1.82) is 5.26 Å². The number of nitriles is 1. The van der Waals surface area contributed by atoms with E-state index in [1.165, 1.54) is 12.1 Å². The van der Waals surface area contributed by atoms with Gasteiger partial charge in [-0.2, -0.15) is 9.98 Å². The quantitative estimate of drug-likeness (QED) is 0.933. The molecule has 0 aliphatic rings. The molecule has 0 amide bonds. The largest absolute Gasteiger partial charge is 0.241 e. The van der Waals surface area contributed by atoms with Crippen molar-refractivity contribution >= 4 is 10.0 Å². The van der Waals surface area contributed by atoms with Crippen LogP contribution in [0.15, 0.2) is 59.5 Å². The lowest BCUT2D eigenvalue weighted by Gasteiger charge is -2.20. The topological polar surface area (TPSA) is 70.0 Å². The highest BCUT2D eigenvalue weighted by Gasteiger charge is 2.21. The molecule has 1 atom stereocenters. The first-order chi connectivity index (χ1) is 10.7. The third-order valence-electron chi connectivity index (χ3n) is 3.57. The van der Waals surface area contributed by atoms with Crippen LogP contribution in [0.5, 0.6) is 0 Å². The van der Waals surface area contributed by atoms with E-state index in [-0.39, 0.29) is 10.3 Å². The minimum atomic E-state index is -3.73. The van der Waals surface area contributed by atoms with Gasteiger partial charge >= 0.3 is 0 Å². The first-order valence-corrected chi connectivity index (χ1v) is 8.80. The van der Waals surface area contributed by atoms with E-state index in [1.54, 1.807) is 30.3 Å². The fourth-order valence-electron chi connectivity index (χ4n) is 2.17. The summed E-state index contributed by atoms with van der Waals surface area (Å²) in [6, 6.07) is 16.6. The van der Waals surface area contributed by atoms with Gasteiger partial charge in [0.1, 0.15) is 6.04 Å². The van der Waals surface area contributed by atoms with Crippen molar-refractivity contribution in [3.63, 3.8) is 0 Å². The third-order valence-corrected chi connectivity index (χ3v) is 5.00. The van der Waals surface area contributed by atoms with Gasteiger partial charge < -0.3 is 0 Å². The van der Waals surface area contributed by atoms with Crippen LogP contribution in [0, 0.1) is 11.3 Å². The molecule has 23 heavy (non-hydrogen) atoms. The average molecular weight is 328 g/mol. The van der Waals surface area contributed by atoms with E-state index < -0.39 is 16.1 Å². The average Bonchev–Trinajstić information content (AvgIpc) is 2.53. The van der Waals surface area contributed by atoms with Gasteiger partial charge in [0.2, 0.25) is 10.0 Å². The lowest BCUT2D eigenvalue weighted by molar-refractivity contribution is 0.574. The van der Waals surface area contributed by atoms with Gasteiger partial charge in [-0.15, -0.1) is 0 Å². The molecule has 0 aliphatic heterocycles. The van der Waals surface area contributed by atoms with Crippen molar-refractivity contribution in [3.05, 3.63) is 65.7 Å². The zero-order valence-corrected chi connectivity index (χ0v) is 14.3. The number of nitrogens with zero attached hydrogens (tertiary/aromatic N) is 1. The van der Waals surface area contributed by atoms with E-state index in [2.05, 4.69) is 25.5 Å². The van der Waals surface area contributed by atoms with Gasteiger partial charge in [-0.3, -0.25) is 0 Å². The molecule has 2 aromatic rings. The van der Waals surface area contributed by atoms with Crippen molar-refractivity contribution in [1.82, 2.24) is 4.72 Å². The molecular weight excluding hydrogens is 308 g/mol. The van der Waals surface area contributed by atoms with Crippen LogP contribution >= 0.6 is 0 Å². The molecule has 5 heteroatoms. The van der Waals surface area contributed by atoms with E-state index in [0.717, 1.165) is 5.56 Å². The number of rotatable bonds is 4. The summed E-state index contributed by atoms with van der Waals surface area (Å²) >= 11 is 0. The Bertz CT molecular complexity index is 799. The molecule has 0 fully saturated rings. The Kier molecular flexibility index (Phi) is 4.88. The third kappa shape index (κ3) is 4.19. The zero-order chi connectivity index (χ0) is 17.1. The molecule has 0 aromatic heterocycles. The van der Waals surface area contributed by atoms with E-state index in [9.17, 15) is 13.7 Å². The summed E-state index contributed by atoms with van der Waals surface area (Å²) in [5, 5.41) is 9.34. The van der Waals surface area contributed by atoms with Crippen molar-refractivity contribution in [2.24, 2.45) is 0 Å². The van der Waals surface area contributed by atoms with Gasteiger partial charge in [0, 0.05) is 0 Å². The highest BCUT2D eigenvalue weighted by Crippen LogP contribution is 2.24. The van der Waals surface area contributed by atoms with Crippen LogP contribution in [0.2, 0.25) is 0 Å². The highest BCUT2D eigenvalue weighted by molar-refractivity contribution is 7.89. The molecule has 2 rings (SSSR count). The lowest BCUT2D eigenvalue weighted by atomic mass is 9.86. The van der Waals surface area contributed by atoms with Crippen molar-refractivity contribution in [3.8, 4) is 6.07 Å². The fourth-order valence-corrected chi connectivity index (χ4v) is 3.32. The maximum atomic E-state index is 12.3. The summed E-state index contributed by atoms with van der Waals surface area (Å²) in [6.07, 6.45) is 0. The Labute approximate surface area is 137 Å². The predicted octanol–water partition coefficient (Wildman–Crippen LogP) is 3.53. The van der Waals surface area contributed by atoms with Gasteiger partial charge in [0.05, 0.1) is 11.0 Å². The molecular formula is C18H20N2O2S. The van der Waals surface area contributed by atoms with E-state index in [1.807, 2.05) is 18.2 Å². The van der Waals surface area contributed by atoms with Crippen molar-refractivity contribution in [2.75, 3.05) is 0 Å². The Morgan fingerprint density at radius 3 is 2.04 bits per heavy atom. The second-order valence-electron chi connectivity index (χ2n) is 6.37. The fraction of sp³-hybridized carbons (Fsp3) is 0.278. The molecule has 0 saturated heterocycles. The standard InChI is InChI=1S/C18H20N2O2S/c1-18(2,3)15-11-9-14(10-12-15)17(13-19)20-23(21,22)16-7-5-4-6-8-16/h4-12,17,20H,1-3H3. The molecule has 0 saturated carbocycles. The summed E-state index contributed by atoms with van der Waals surface area (Å²) in [5.41, 5.74) is 1.76. The SMILES string of the molecule is CC(C)(C)c1ccc(C(C#N)NS(=O)(=O)c2ccccc2)cc1. The van der Waals surface area contributed by atoms with E-state index in [0.29, 0.717) is 5.56 Å². The Hall–Kier alpha value is -2.16. The molecule has 1 unspecified atom stereocenters. The van der Waals surface area contributed by atoms with Crippen LogP contribution in [0.1, 0.15) is 37.9 Å². The number of sulfonamides is 1. The summed E-state index contributed by atoms with van der Waals surface area (Å²) in [5.74, 6) is 0. The van der Waals surface area contributed by atoms with Gasteiger partial charge in [0.25, 0.3) is 0 Å². The van der Waals surface area contributed by atoms with Gasteiger partial charge in [0.15, 0.2) is 0 Å². The van der Waals surface area contributed by atoms with E-state index in [4.69, 9.17) is 0 Å². The molecule has 0 radical (unpaired) electrons. The Morgan fingerprint density at radius 2 is 1.57 bits per heavy atom. The van der Waals surface area contributed by atoms with Crippen LogP contribution in [-0.2, 0) is 15.4 Å². The second kappa shape index (κ2) is 6.53. The monoisotopic (exact) mass is 328 g/mol. The number of hydrogen-bond donors (Lipinski definition) is 1. The lowest BCUT2D eigenvalue weighted by Crippen LogP contribution is -2.27. The molecule has 4 nitrogen and oxygen atoms in total.